The molecule has 8 nitrogen and oxygen atoms in total. The summed E-state index contributed by atoms with van der Waals surface area (Å²) < 4.78 is 34.6. The molecule has 0 saturated carbocycles. The minimum absolute atomic E-state index is 0.0165. The van der Waals surface area contributed by atoms with E-state index in [1.807, 2.05) is 20.8 Å². The molecule has 0 aliphatic rings. The summed E-state index contributed by atoms with van der Waals surface area (Å²) in [5.41, 5.74) is 2.53. The minimum Gasteiger partial charge on any atom is -0.495 e. The number of halogens is 1. The molecule has 40 heavy (non-hydrogen) atoms. The van der Waals surface area contributed by atoms with Crippen molar-refractivity contribution in [2.45, 2.75) is 51.6 Å². The number of benzene rings is 3. The first kappa shape index (κ1) is 31.0. The Kier molecular flexibility index (Phi) is 10.6. The van der Waals surface area contributed by atoms with Crippen molar-refractivity contribution >= 4 is 39.1 Å². The highest BCUT2D eigenvalue weighted by atomic mass is 35.5. The molecule has 0 aliphatic heterocycles. The molecular weight excluding hydrogens is 550 g/mol. The first-order valence-corrected chi connectivity index (χ1v) is 14.9. The van der Waals surface area contributed by atoms with E-state index >= 15 is 0 Å². The second kappa shape index (κ2) is 13.7. The predicted molar refractivity (Wildman–Crippen MR) is 158 cm³/mol. The van der Waals surface area contributed by atoms with Gasteiger partial charge in [0.1, 0.15) is 18.3 Å². The molecule has 0 aromatic heterocycles. The van der Waals surface area contributed by atoms with Crippen LogP contribution in [0.1, 0.15) is 37.0 Å². The number of nitrogens with zero attached hydrogens (tertiary/aromatic N) is 2. The van der Waals surface area contributed by atoms with Crippen LogP contribution in [0.25, 0.3) is 0 Å². The lowest BCUT2D eigenvalue weighted by Crippen LogP contribution is -2.51. The Bertz CT molecular complexity index is 1440. The highest BCUT2D eigenvalue weighted by molar-refractivity contribution is 7.92. The lowest BCUT2D eigenvalue weighted by atomic mass is 10.1. The molecule has 0 aliphatic carbocycles. The molecule has 0 fully saturated rings. The van der Waals surface area contributed by atoms with Crippen LogP contribution in [-0.4, -0.2) is 51.4 Å². The van der Waals surface area contributed by atoms with Crippen LogP contribution in [0.3, 0.4) is 0 Å². The average molecular weight is 586 g/mol. The van der Waals surface area contributed by atoms with E-state index in [1.165, 1.54) is 24.1 Å². The number of rotatable bonds is 12. The highest BCUT2D eigenvalue weighted by Gasteiger charge is 2.34. The first-order valence-electron chi connectivity index (χ1n) is 13.0. The molecule has 3 aromatic rings. The first-order chi connectivity index (χ1) is 19.0. The van der Waals surface area contributed by atoms with Crippen molar-refractivity contribution < 1.29 is 22.7 Å². The van der Waals surface area contributed by atoms with E-state index in [1.54, 1.807) is 61.5 Å². The third kappa shape index (κ3) is 7.34. The molecule has 0 heterocycles. The smallest absolute Gasteiger partial charge is 0.264 e. The van der Waals surface area contributed by atoms with Gasteiger partial charge in [-0.15, -0.1) is 0 Å². The lowest BCUT2D eigenvalue weighted by Gasteiger charge is -2.32. The molecule has 10 heteroatoms. The summed E-state index contributed by atoms with van der Waals surface area (Å²) in [6.45, 7) is 7.14. The fraction of sp³-hybridized carbons (Fsp3) is 0.333. The summed E-state index contributed by atoms with van der Waals surface area (Å²) in [6.07, 6.45) is 0.729. The number of nitrogens with one attached hydrogen (secondary N) is 1. The summed E-state index contributed by atoms with van der Waals surface area (Å²) in [4.78, 5) is 28.4. The van der Waals surface area contributed by atoms with Crippen molar-refractivity contribution in [2.24, 2.45) is 0 Å². The summed E-state index contributed by atoms with van der Waals surface area (Å²) in [5, 5.41) is 3.26. The molecule has 1 atom stereocenters. The second-order valence-electron chi connectivity index (χ2n) is 9.58. The van der Waals surface area contributed by atoms with Gasteiger partial charge in [-0.05, 0) is 68.7 Å². The van der Waals surface area contributed by atoms with Gasteiger partial charge in [0.25, 0.3) is 10.0 Å². The molecule has 1 N–H and O–H groups in total. The third-order valence-corrected chi connectivity index (χ3v) is 8.65. The largest absolute Gasteiger partial charge is 0.495 e. The fourth-order valence-corrected chi connectivity index (χ4v) is 5.75. The number of anilines is 1. The third-order valence-electron chi connectivity index (χ3n) is 6.51. The number of carbonyl (C=O) groups is 2. The Morgan fingerprint density at radius 3 is 2.27 bits per heavy atom. The number of methoxy groups -OCH3 is 1. The molecule has 2 amide bonds. The maximum absolute atomic E-state index is 14.0. The molecule has 0 unspecified atom stereocenters. The maximum Gasteiger partial charge on any atom is 0.264 e. The van der Waals surface area contributed by atoms with Crippen molar-refractivity contribution in [1.29, 1.82) is 0 Å². The van der Waals surface area contributed by atoms with Crippen LogP contribution < -0.4 is 14.4 Å². The number of sulfonamides is 1. The van der Waals surface area contributed by atoms with Gasteiger partial charge in [0.15, 0.2) is 0 Å². The number of aryl methyl sites for hydroxylation is 2. The normalized spacial score (nSPS) is 11.9. The SMILES string of the molecule is CCCNC(=O)[C@@H](C)N(Cc1ccccc1Cl)C(=O)CN(c1cc(C)ccc1OC)S(=O)(=O)c1ccc(C)cc1. The summed E-state index contributed by atoms with van der Waals surface area (Å²) in [7, 11) is -2.77. The highest BCUT2D eigenvalue weighted by Crippen LogP contribution is 2.34. The zero-order valence-corrected chi connectivity index (χ0v) is 25.1. The molecule has 0 saturated heterocycles. The van der Waals surface area contributed by atoms with E-state index < -0.39 is 28.5 Å². The van der Waals surface area contributed by atoms with E-state index in [0.717, 1.165) is 21.9 Å². The summed E-state index contributed by atoms with van der Waals surface area (Å²) in [6, 6.07) is 17.7. The van der Waals surface area contributed by atoms with Crippen LogP contribution >= 0.6 is 11.6 Å². The molecule has 0 bridgehead atoms. The van der Waals surface area contributed by atoms with E-state index in [4.69, 9.17) is 16.3 Å². The van der Waals surface area contributed by atoms with Crippen molar-refractivity contribution in [2.75, 3.05) is 24.5 Å². The second-order valence-corrected chi connectivity index (χ2v) is 11.8. The number of hydrogen-bond donors (Lipinski definition) is 1. The van der Waals surface area contributed by atoms with Gasteiger partial charge in [0.2, 0.25) is 11.8 Å². The topological polar surface area (TPSA) is 96.0 Å². The Balaban J connectivity index is 2.10. The minimum atomic E-state index is -4.21. The summed E-state index contributed by atoms with van der Waals surface area (Å²) >= 11 is 6.40. The number of amides is 2. The fourth-order valence-electron chi connectivity index (χ4n) is 4.13. The van der Waals surface area contributed by atoms with Crippen molar-refractivity contribution in [3.05, 3.63) is 88.4 Å². The number of hydrogen-bond acceptors (Lipinski definition) is 5. The van der Waals surface area contributed by atoms with Gasteiger partial charge in [0.05, 0.1) is 17.7 Å². The Hall–Kier alpha value is -3.56. The quantitative estimate of drug-likeness (QED) is 0.319. The zero-order chi connectivity index (χ0) is 29.4. The Labute approximate surface area is 241 Å². The number of ether oxygens (including phenoxy) is 1. The van der Waals surface area contributed by atoms with Crippen LogP contribution in [0, 0.1) is 13.8 Å². The van der Waals surface area contributed by atoms with Crippen molar-refractivity contribution in [1.82, 2.24) is 10.2 Å². The van der Waals surface area contributed by atoms with Gasteiger partial charge in [-0.1, -0.05) is 60.5 Å². The van der Waals surface area contributed by atoms with Gasteiger partial charge in [-0.3, -0.25) is 13.9 Å². The Morgan fingerprint density at radius 1 is 1.00 bits per heavy atom. The average Bonchev–Trinajstić information content (AvgIpc) is 2.93. The number of carbonyl (C=O) groups excluding carboxylic acids is 2. The van der Waals surface area contributed by atoms with Crippen molar-refractivity contribution in [3.63, 3.8) is 0 Å². The molecule has 0 radical (unpaired) electrons. The zero-order valence-electron chi connectivity index (χ0n) is 23.5. The van der Waals surface area contributed by atoms with Gasteiger partial charge in [-0.25, -0.2) is 8.42 Å². The molecule has 3 rings (SSSR count). The molecule has 0 spiro atoms. The van der Waals surface area contributed by atoms with Gasteiger partial charge in [0, 0.05) is 18.1 Å². The van der Waals surface area contributed by atoms with Crippen LogP contribution in [0.5, 0.6) is 5.75 Å². The van der Waals surface area contributed by atoms with Crippen LogP contribution in [0.4, 0.5) is 5.69 Å². The monoisotopic (exact) mass is 585 g/mol. The van der Waals surface area contributed by atoms with Crippen LogP contribution in [0.15, 0.2) is 71.6 Å². The van der Waals surface area contributed by atoms with Gasteiger partial charge in [-0.2, -0.15) is 0 Å². The van der Waals surface area contributed by atoms with E-state index in [0.29, 0.717) is 22.9 Å². The molecule has 214 valence electrons. The molecular formula is C30H36ClN3O5S. The predicted octanol–water partition coefficient (Wildman–Crippen LogP) is 5.10. The summed E-state index contributed by atoms with van der Waals surface area (Å²) in [5.74, 6) is -0.623. The van der Waals surface area contributed by atoms with Gasteiger partial charge < -0.3 is 15.0 Å². The molecule has 3 aromatic carbocycles. The van der Waals surface area contributed by atoms with Crippen LogP contribution in [0.2, 0.25) is 5.02 Å². The van der Waals surface area contributed by atoms with Gasteiger partial charge >= 0.3 is 0 Å². The van der Waals surface area contributed by atoms with E-state index in [9.17, 15) is 18.0 Å². The van der Waals surface area contributed by atoms with E-state index in [-0.39, 0.29) is 23.0 Å². The maximum atomic E-state index is 14.0. The lowest BCUT2D eigenvalue weighted by molar-refractivity contribution is -0.139. The van der Waals surface area contributed by atoms with Crippen LogP contribution in [-0.2, 0) is 26.2 Å². The standard InChI is InChI=1S/C30H36ClN3O5S/c1-6-17-32-30(36)23(4)33(19-24-9-7-8-10-26(24)31)29(35)20-34(27-18-22(3)13-16-28(27)39-5)40(37,38)25-14-11-21(2)12-15-25/h7-16,18,23H,6,17,19-20H2,1-5H3,(H,32,36)/t23-/m1/s1. The van der Waals surface area contributed by atoms with Crippen molar-refractivity contribution in [3.8, 4) is 5.75 Å². The Morgan fingerprint density at radius 2 is 1.65 bits per heavy atom. The van der Waals surface area contributed by atoms with E-state index in [2.05, 4.69) is 5.32 Å².